The van der Waals surface area contributed by atoms with Crippen LogP contribution in [0.4, 0.5) is 10.2 Å². The molecule has 3 rings (SSSR count). The monoisotopic (exact) mass is 342 g/mol. The summed E-state index contributed by atoms with van der Waals surface area (Å²) in [6, 6.07) is 11.0. The van der Waals surface area contributed by atoms with E-state index in [0.717, 1.165) is 6.07 Å². The molecule has 0 spiro atoms. The molecular formula is C18H15FN2O4. The van der Waals surface area contributed by atoms with Crippen molar-refractivity contribution in [3.8, 4) is 5.75 Å². The van der Waals surface area contributed by atoms with Crippen molar-refractivity contribution in [3.63, 3.8) is 0 Å². The van der Waals surface area contributed by atoms with Gasteiger partial charge in [-0.1, -0.05) is 24.3 Å². The number of hydrogen-bond acceptors (Lipinski definition) is 6. The summed E-state index contributed by atoms with van der Waals surface area (Å²) >= 11 is 0. The minimum atomic E-state index is -1.02. The van der Waals surface area contributed by atoms with Gasteiger partial charge >= 0.3 is 0 Å². The highest BCUT2D eigenvalue weighted by Gasteiger charge is 2.26. The molecule has 25 heavy (non-hydrogen) atoms. The summed E-state index contributed by atoms with van der Waals surface area (Å²) in [5, 5.41) is 22.3. The molecule has 0 amide bonds. The molecule has 0 unspecified atom stereocenters. The highest BCUT2D eigenvalue weighted by Crippen LogP contribution is 2.32. The predicted molar refractivity (Wildman–Crippen MR) is 88.7 cm³/mol. The van der Waals surface area contributed by atoms with E-state index < -0.39 is 29.6 Å². The summed E-state index contributed by atoms with van der Waals surface area (Å²) in [4.78, 5) is 16.0. The minimum absolute atomic E-state index is 0.0399. The highest BCUT2D eigenvalue weighted by molar-refractivity contribution is 5.45. The van der Waals surface area contributed by atoms with Crippen LogP contribution in [0.25, 0.3) is 0 Å². The van der Waals surface area contributed by atoms with Gasteiger partial charge in [0.25, 0.3) is 0 Å². The summed E-state index contributed by atoms with van der Waals surface area (Å²) in [6.07, 6.45) is 1.54. The number of aromatic nitrogens is 1. The van der Waals surface area contributed by atoms with Gasteiger partial charge in [-0.25, -0.2) is 9.37 Å². The number of aromatic hydroxyl groups is 1. The lowest BCUT2D eigenvalue weighted by atomic mass is 10.0. The van der Waals surface area contributed by atoms with E-state index in [1.165, 1.54) is 18.2 Å². The smallest absolute Gasteiger partial charge is 0.227 e. The molecule has 3 N–H and O–H groups in total. The number of nitrogens with one attached hydrogen (secondary N) is 1. The van der Waals surface area contributed by atoms with Crippen molar-refractivity contribution in [3.05, 3.63) is 87.9 Å². The Bertz CT molecular complexity index is 928. The van der Waals surface area contributed by atoms with Crippen LogP contribution in [0.15, 0.2) is 63.9 Å². The van der Waals surface area contributed by atoms with Crippen molar-refractivity contribution >= 4 is 5.82 Å². The van der Waals surface area contributed by atoms with E-state index in [-0.39, 0.29) is 17.1 Å². The molecule has 3 aromatic rings. The van der Waals surface area contributed by atoms with E-state index in [2.05, 4.69) is 10.3 Å². The van der Waals surface area contributed by atoms with Crippen molar-refractivity contribution in [1.82, 2.24) is 4.98 Å². The SMILES string of the molecule is O=c1cc(CO)oc([C@H](Nc2ccccn2)c2ccccc2F)c1O. The summed E-state index contributed by atoms with van der Waals surface area (Å²) in [5.74, 6) is -1.05. The molecule has 0 radical (unpaired) electrons. The van der Waals surface area contributed by atoms with Gasteiger partial charge in [0.2, 0.25) is 11.2 Å². The number of anilines is 1. The molecule has 0 fully saturated rings. The first-order valence-electron chi connectivity index (χ1n) is 7.49. The lowest BCUT2D eigenvalue weighted by Gasteiger charge is -2.20. The molecule has 0 bridgehead atoms. The number of pyridine rings is 1. The summed E-state index contributed by atoms with van der Waals surface area (Å²) in [6.45, 7) is -0.532. The van der Waals surface area contributed by atoms with Gasteiger partial charge < -0.3 is 19.9 Å². The quantitative estimate of drug-likeness (QED) is 0.660. The Hall–Kier alpha value is -3.19. The summed E-state index contributed by atoms with van der Waals surface area (Å²) in [5.41, 5.74) is -0.573. The first-order valence-corrected chi connectivity index (χ1v) is 7.49. The van der Waals surface area contributed by atoms with Crippen LogP contribution in [0.5, 0.6) is 5.75 Å². The first kappa shape index (κ1) is 16.7. The zero-order valence-corrected chi connectivity index (χ0v) is 13.0. The maximum absolute atomic E-state index is 14.3. The average molecular weight is 342 g/mol. The fraction of sp³-hybridized carbons (Fsp3) is 0.111. The topological polar surface area (TPSA) is 95.6 Å². The molecular weight excluding hydrogens is 327 g/mol. The molecule has 2 heterocycles. The Morgan fingerprint density at radius 1 is 1.20 bits per heavy atom. The second-order valence-electron chi connectivity index (χ2n) is 5.26. The number of rotatable bonds is 5. The normalized spacial score (nSPS) is 11.9. The van der Waals surface area contributed by atoms with Crippen molar-refractivity contribution in [1.29, 1.82) is 0 Å². The van der Waals surface area contributed by atoms with Gasteiger partial charge in [0, 0.05) is 17.8 Å². The second kappa shape index (κ2) is 7.14. The van der Waals surface area contributed by atoms with Crippen LogP contribution in [0.2, 0.25) is 0 Å². The standard InChI is InChI=1S/C18H15FN2O4/c19-13-6-2-1-5-12(13)16(21-15-7-3-4-8-20-15)18-17(24)14(23)9-11(10-22)25-18/h1-9,16,22,24H,10H2,(H,20,21)/t16-/m1/s1. The van der Waals surface area contributed by atoms with Gasteiger partial charge in [-0.3, -0.25) is 4.79 Å². The highest BCUT2D eigenvalue weighted by atomic mass is 19.1. The number of halogens is 1. The van der Waals surface area contributed by atoms with Crippen LogP contribution in [0, 0.1) is 5.82 Å². The molecule has 1 atom stereocenters. The third-order valence-electron chi connectivity index (χ3n) is 3.59. The molecule has 0 saturated heterocycles. The predicted octanol–water partition coefficient (Wildman–Crippen LogP) is 2.57. The molecule has 2 aromatic heterocycles. The third-order valence-corrected chi connectivity index (χ3v) is 3.59. The summed E-state index contributed by atoms with van der Waals surface area (Å²) < 4.78 is 19.8. The van der Waals surface area contributed by atoms with Gasteiger partial charge in [-0.2, -0.15) is 0 Å². The van der Waals surface area contributed by atoms with Crippen molar-refractivity contribution in [2.45, 2.75) is 12.6 Å². The van der Waals surface area contributed by atoms with Crippen LogP contribution < -0.4 is 10.7 Å². The molecule has 0 aliphatic rings. The zero-order chi connectivity index (χ0) is 17.8. The van der Waals surface area contributed by atoms with Crippen molar-refractivity contribution in [2.24, 2.45) is 0 Å². The van der Waals surface area contributed by atoms with E-state index in [1.54, 1.807) is 30.5 Å². The number of hydrogen-bond donors (Lipinski definition) is 3. The average Bonchev–Trinajstić information content (AvgIpc) is 2.63. The van der Waals surface area contributed by atoms with Crippen LogP contribution in [0.1, 0.15) is 23.1 Å². The largest absolute Gasteiger partial charge is 0.502 e. The molecule has 6 nitrogen and oxygen atoms in total. The second-order valence-corrected chi connectivity index (χ2v) is 5.26. The number of benzene rings is 1. The first-order chi connectivity index (χ1) is 12.1. The van der Waals surface area contributed by atoms with Crippen LogP contribution in [0.3, 0.4) is 0 Å². The Labute approximate surface area is 142 Å². The van der Waals surface area contributed by atoms with Gasteiger partial charge in [0.1, 0.15) is 30.0 Å². The fourth-order valence-corrected chi connectivity index (χ4v) is 2.42. The Kier molecular flexibility index (Phi) is 4.76. The van der Waals surface area contributed by atoms with E-state index in [4.69, 9.17) is 4.42 Å². The van der Waals surface area contributed by atoms with Crippen LogP contribution >= 0.6 is 0 Å². The molecule has 0 saturated carbocycles. The van der Waals surface area contributed by atoms with Crippen LogP contribution in [-0.2, 0) is 6.61 Å². The molecule has 0 aliphatic carbocycles. The maximum Gasteiger partial charge on any atom is 0.227 e. The molecule has 7 heteroatoms. The molecule has 0 aliphatic heterocycles. The van der Waals surface area contributed by atoms with Gasteiger partial charge in [-0.15, -0.1) is 0 Å². The lowest BCUT2D eigenvalue weighted by Crippen LogP contribution is -2.18. The number of aliphatic hydroxyl groups is 1. The van der Waals surface area contributed by atoms with Crippen molar-refractivity contribution in [2.75, 3.05) is 5.32 Å². The van der Waals surface area contributed by atoms with Gasteiger partial charge in [0.05, 0.1) is 0 Å². The fourth-order valence-electron chi connectivity index (χ4n) is 2.42. The minimum Gasteiger partial charge on any atom is -0.502 e. The number of nitrogens with zero attached hydrogens (tertiary/aromatic N) is 1. The van der Waals surface area contributed by atoms with Gasteiger partial charge in [-0.05, 0) is 18.2 Å². The van der Waals surface area contributed by atoms with E-state index >= 15 is 0 Å². The number of aliphatic hydroxyl groups excluding tert-OH is 1. The Balaban J connectivity index is 2.16. The van der Waals surface area contributed by atoms with E-state index in [9.17, 15) is 19.4 Å². The van der Waals surface area contributed by atoms with Gasteiger partial charge in [0.15, 0.2) is 5.76 Å². The lowest BCUT2D eigenvalue weighted by molar-refractivity contribution is 0.234. The molecule has 128 valence electrons. The summed E-state index contributed by atoms with van der Waals surface area (Å²) in [7, 11) is 0. The zero-order valence-electron chi connectivity index (χ0n) is 13.0. The van der Waals surface area contributed by atoms with Crippen LogP contribution in [-0.4, -0.2) is 15.2 Å². The third kappa shape index (κ3) is 3.51. The Morgan fingerprint density at radius 2 is 1.96 bits per heavy atom. The molecule has 1 aromatic carbocycles. The Morgan fingerprint density at radius 3 is 2.64 bits per heavy atom. The maximum atomic E-state index is 14.3. The van der Waals surface area contributed by atoms with Crippen molar-refractivity contribution < 1.29 is 19.0 Å². The van der Waals surface area contributed by atoms with E-state index in [0.29, 0.717) is 5.82 Å². The van der Waals surface area contributed by atoms with E-state index in [1.807, 2.05) is 0 Å².